The van der Waals surface area contributed by atoms with Crippen molar-refractivity contribution >= 4 is 10.8 Å². The molecule has 1 atom stereocenters. The lowest BCUT2D eigenvalue weighted by Gasteiger charge is -2.18. The van der Waals surface area contributed by atoms with E-state index in [0.717, 1.165) is 18.4 Å². The molecule has 0 radical (unpaired) electrons. The van der Waals surface area contributed by atoms with E-state index in [4.69, 9.17) is 5.73 Å². The molecule has 1 heterocycles. The van der Waals surface area contributed by atoms with Crippen molar-refractivity contribution in [2.45, 2.75) is 12.5 Å². The second kappa shape index (κ2) is 6.28. The predicted molar refractivity (Wildman–Crippen MR) is 76.4 cm³/mol. The third-order valence-electron chi connectivity index (χ3n) is 3.05. The van der Waals surface area contributed by atoms with Crippen molar-refractivity contribution in [3.63, 3.8) is 0 Å². The highest BCUT2D eigenvalue weighted by Gasteiger charge is 2.11. The Labute approximate surface area is 108 Å². The van der Waals surface area contributed by atoms with Gasteiger partial charge in [0.05, 0.1) is 0 Å². The molecule has 0 amide bonds. The van der Waals surface area contributed by atoms with Gasteiger partial charge in [-0.05, 0) is 23.9 Å². The van der Waals surface area contributed by atoms with E-state index < -0.39 is 0 Å². The number of nitrogens with zero attached hydrogens (tertiary/aromatic N) is 1. The zero-order chi connectivity index (χ0) is 12.8. The van der Waals surface area contributed by atoms with Crippen LogP contribution in [0.25, 0.3) is 10.8 Å². The van der Waals surface area contributed by atoms with Crippen LogP contribution in [0, 0.1) is 0 Å². The van der Waals surface area contributed by atoms with Crippen LogP contribution in [0.15, 0.2) is 49.3 Å². The monoisotopic (exact) mass is 241 g/mol. The van der Waals surface area contributed by atoms with E-state index in [-0.39, 0.29) is 6.04 Å². The average Bonchev–Trinajstić information content (AvgIpc) is 2.43. The molecule has 0 spiro atoms. The molecule has 0 aliphatic carbocycles. The summed E-state index contributed by atoms with van der Waals surface area (Å²) in [5.74, 6) is 0. The molecule has 0 saturated heterocycles. The van der Waals surface area contributed by atoms with Crippen LogP contribution in [0.4, 0.5) is 0 Å². The van der Waals surface area contributed by atoms with Gasteiger partial charge in [-0.3, -0.25) is 4.98 Å². The van der Waals surface area contributed by atoms with Crippen LogP contribution in [-0.4, -0.2) is 18.1 Å². The summed E-state index contributed by atoms with van der Waals surface area (Å²) in [7, 11) is 0. The van der Waals surface area contributed by atoms with Crippen LogP contribution < -0.4 is 11.1 Å². The molecule has 2 aromatic rings. The second-order valence-corrected chi connectivity index (χ2v) is 4.27. The molecule has 3 nitrogen and oxygen atoms in total. The third-order valence-corrected chi connectivity index (χ3v) is 3.05. The smallest absolute Gasteiger partial charge is 0.0466 e. The van der Waals surface area contributed by atoms with Gasteiger partial charge in [0, 0.05) is 30.4 Å². The largest absolute Gasteiger partial charge is 0.329 e. The average molecular weight is 241 g/mol. The van der Waals surface area contributed by atoms with Gasteiger partial charge in [0.1, 0.15) is 0 Å². The normalized spacial score (nSPS) is 12.5. The Bertz CT molecular complexity index is 517. The Morgan fingerprint density at radius 3 is 2.94 bits per heavy atom. The first-order chi connectivity index (χ1) is 8.86. The first-order valence-electron chi connectivity index (χ1n) is 6.23. The Balaban J connectivity index is 2.29. The van der Waals surface area contributed by atoms with Gasteiger partial charge in [-0.25, -0.2) is 0 Å². The van der Waals surface area contributed by atoms with E-state index in [0.29, 0.717) is 6.54 Å². The maximum Gasteiger partial charge on any atom is 0.0466 e. The minimum Gasteiger partial charge on any atom is -0.329 e. The number of hydrogen-bond donors (Lipinski definition) is 2. The first-order valence-corrected chi connectivity index (χ1v) is 6.23. The van der Waals surface area contributed by atoms with Gasteiger partial charge >= 0.3 is 0 Å². The molecular formula is C15H19N3. The minimum atomic E-state index is 0.142. The van der Waals surface area contributed by atoms with Crippen LogP contribution in [0.1, 0.15) is 18.0 Å². The van der Waals surface area contributed by atoms with E-state index in [1.165, 1.54) is 10.9 Å². The minimum absolute atomic E-state index is 0.142. The molecule has 2 rings (SSSR count). The van der Waals surface area contributed by atoms with Crippen molar-refractivity contribution < 1.29 is 0 Å². The number of aromatic nitrogens is 1. The quantitative estimate of drug-likeness (QED) is 0.603. The van der Waals surface area contributed by atoms with Gasteiger partial charge in [0.2, 0.25) is 0 Å². The molecule has 1 unspecified atom stereocenters. The number of rotatable bonds is 6. The number of benzene rings is 1. The van der Waals surface area contributed by atoms with Gasteiger partial charge in [0.25, 0.3) is 0 Å². The first kappa shape index (κ1) is 12.7. The van der Waals surface area contributed by atoms with Crippen LogP contribution in [0.2, 0.25) is 0 Å². The summed E-state index contributed by atoms with van der Waals surface area (Å²) < 4.78 is 0. The molecular weight excluding hydrogens is 222 g/mol. The number of nitrogens with one attached hydrogen (secondary N) is 1. The van der Waals surface area contributed by atoms with Crippen molar-refractivity contribution in [2.75, 3.05) is 13.1 Å². The van der Waals surface area contributed by atoms with Crippen molar-refractivity contribution in [1.82, 2.24) is 10.3 Å². The van der Waals surface area contributed by atoms with Crippen LogP contribution in [-0.2, 0) is 0 Å². The number of hydrogen-bond acceptors (Lipinski definition) is 3. The highest BCUT2D eigenvalue weighted by Crippen LogP contribution is 2.22. The van der Waals surface area contributed by atoms with E-state index in [2.05, 4.69) is 29.0 Å². The van der Waals surface area contributed by atoms with Crippen molar-refractivity contribution in [3.05, 3.63) is 54.9 Å². The predicted octanol–water partition coefficient (Wildman–Crippen LogP) is 2.40. The van der Waals surface area contributed by atoms with E-state index in [1.807, 2.05) is 30.6 Å². The lowest BCUT2D eigenvalue weighted by molar-refractivity contribution is 0.550. The molecule has 3 heteroatoms. The summed E-state index contributed by atoms with van der Waals surface area (Å²) in [6, 6.07) is 8.40. The fourth-order valence-electron chi connectivity index (χ4n) is 2.10. The van der Waals surface area contributed by atoms with Crippen molar-refractivity contribution in [3.8, 4) is 0 Å². The van der Waals surface area contributed by atoms with Crippen LogP contribution in [0.3, 0.4) is 0 Å². The maximum absolute atomic E-state index is 5.86. The van der Waals surface area contributed by atoms with E-state index >= 15 is 0 Å². The van der Waals surface area contributed by atoms with Gasteiger partial charge < -0.3 is 11.1 Å². The Hall–Kier alpha value is -1.71. The third kappa shape index (κ3) is 2.75. The molecule has 0 aliphatic rings. The topological polar surface area (TPSA) is 50.9 Å². The fraction of sp³-hybridized carbons (Fsp3) is 0.267. The van der Waals surface area contributed by atoms with Gasteiger partial charge in [0.15, 0.2) is 0 Å². The molecule has 1 aromatic carbocycles. The fourth-order valence-corrected chi connectivity index (χ4v) is 2.10. The van der Waals surface area contributed by atoms with Crippen molar-refractivity contribution in [1.29, 1.82) is 0 Å². The van der Waals surface area contributed by atoms with Crippen LogP contribution in [0.5, 0.6) is 0 Å². The summed E-state index contributed by atoms with van der Waals surface area (Å²) in [5, 5.41) is 5.81. The number of nitrogens with two attached hydrogens (primary N) is 1. The summed E-state index contributed by atoms with van der Waals surface area (Å²) in [5.41, 5.74) is 7.03. The Kier molecular flexibility index (Phi) is 4.45. The van der Waals surface area contributed by atoms with Gasteiger partial charge in [-0.2, -0.15) is 0 Å². The Morgan fingerprint density at radius 2 is 2.17 bits per heavy atom. The maximum atomic E-state index is 5.86. The standard InChI is InChI=1S/C15H19N3/c1-2-3-8-18-15(9-16)14-11-17-10-12-6-4-5-7-13(12)14/h2,4-7,10-11,15,18H,1,3,8-9,16H2. The van der Waals surface area contributed by atoms with Gasteiger partial charge in [-0.15, -0.1) is 6.58 Å². The zero-order valence-corrected chi connectivity index (χ0v) is 10.5. The summed E-state index contributed by atoms with van der Waals surface area (Å²) >= 11 is 0. The summed E-state index contributed by atoms with van der Waals surface area (Å²) in [4.78, 5) is 4.29. The van der Waals surface area contributed by atoms with Crippen LogP contribution >= 0.6 is 0 Å². The highest BCUT2D eigenvalue weighted by molar-refractivity contribution is 5.85. The SMILES string of the molecule is C=CCCNC(CN)c1cncc2ccccc12. The number of fused-ring (bicyclic) bond motifs is 1. The summed E-state index contributed by atoms with van der Waals surface area (Å²) in [6.45, 7) is 5.17. The molecule has 18 heavy (non-hydrogen) atoms. The van der Waals surface area contributed by atoms with Crippen molar-refractivity contribution in [2.24, 2.45) is 5.73 Å². The van der Waals surface area contributed by atoms with Gasteiger partial charge in [-0.1, -0.05) is 30.3 Å². The lowest BCUT2D eigenvalue weighted by Crippen LogP contribution is -2.29. The summed E-state index contributed by atoms with van der Waals surface area (Å²) in [6.07, 6.45) is 6.63. The molecule has 94 valence electrons. The lowest BCUT2D eigenvalue weighted by atomic mass is 10.0. The molecule has 0 fully saturated rings. The molecule has 1 aromatic heterocycles. The zero-order valence-electron chi connectivity index (χ0n) is 10.5. The Morgan fingerprint density at radius 1 is 1.33 bits per heavy atom. The molecule has 0 aliphatic heterocycles. The molecule has 0 saturated carbocycles. The van der Waals surface area contributed by atoms with E-state index in [9.17, 15) is 0 Å². The molecule has 0 bridgehead atoms. The highest BCUT2D eigenvalue weighted by atomic mass is 14.9. The number of pyridine rings is 1. The van der Waals surface area contributed by atoms with E-state index in [1.54, 1.807) is 0 Å². The molecule has 3 N–H and O–H groups in total. The second-order valence-electron chi connectivity index (χ2n) is 4.27.